The van der Waals surface area contributed by atoms with Crippen molar-refractivity contribution in [1.29, 1.82) is 0 Å². The van der Waals surface area contributed by atoms with E-state index in [1.165, 1.54) is 23.7 Å². The van der Waals surface area contributed by atoms with Gasteiger partial charge >= 0.3 is 0 Å². The van der Waals surface area contributed by atoms with Gasteiger partial charge in [-0.25, -0.2) is 4.98 Å². The Morgan fingerprint density at radius 3 is 2.67 bits per heavy atom. The van der Waals surface area contributed by atoms with Crippen LogP contribution in [0.3, 0.4) is 0 Å². The molecule has 4 heterocycles. The van der Waals surface area contributed by atoms with Gasteiger partial charge in [-0.2, -0.15) is 9.97 Å². The number of aromatic nitrogens is 5. The molecule has 0 saturated heterocycles. The molecule has 11 heteroatoms. The SMILES string of the molecule is Nc1nc(OCc2ccc(Cn3c(O)c4ccc5c6c(ccc(c3=O)c46)NC3CCCCC3N=5)cc2)c2[nH]cnc2n1. The number of benzene rings is 3. The molecule has 8 rings (SSSR count). The fourth-order valence-corrected chi connectivity index (χ4v) is 6.42. The summed E-state index contributed by atoms with van der Waals surface area (Å²) in [4.78, 5) is 34.2. The number of nitrogens with two attached hydrogens (primary N) is 1. The summed E-state index contributed by atoms with van der Waals surface area (Å²) in [6.45, 7) is 0.478. The zero-order valence-electron chi connectivity index (χ0n) is 22.7. The number of aromatic hydroxyl groups is 1. The molecule has 3 aromatic carbocycles. The highest BCUT2D eigenvalue weighted by Crippen LogP contribution is 2.36. The van der Waals surface area contributed by atoms with Crippen molar-refractivity contribution in [2.75, 3.05) is 11.1 Å². The summed E-state index contributed by atoms with van der Waals surface area (Å²) in [6.07, 6.45) is 6.02. The van der Waals surface area contributed by atoms with Crippen LogP contribution in [0.25, 0.3) is 32.7 Å². The topological polar surface area (TPSA) is 156 Å². The summed E-state index contributed by atoms with van der Waals surface area (Å²) >= 11 is 0. The van der Waals surface area contributed by atoms with Gasteiger partial charge in [-0.3, -0.25) is 14.4 Å². The molecule has 0 bridgehead atoms. The van der Waals surface area contributed by atoms with E-state index in [2.05, 4.69) is 25.3 Å². The maximum Gasteiger partial charge on any atom is 0.261 e. The van der Waals surface area contributed by atoms with Crippen molar-refractivity contribution in [1.82, 2.24) is 24.5 Å². The number of H-pyrrole nitrogens is 1. The number of fused-ring (bicyclic) bond motifs is 2. The van der Waals surface area contributed by atoms with Crippen LogP contribution in [0, 0.1) is 0 Å². The van der Waals surface area contributed by atoms with Gasteiger partial charge in [-0.05, 0) is 48.2 Å². The minimum Gasteiger partial charge on any atom is -0.494 e. The van der Waals surface area contributed by atoms with Gasteiger partial charge in [0.1, 0.15) is 12.1 Å². The number of nitrogens with zero attached hydrogens (tertiary/aromatic N) is 5. The molecule has 5 N–H and O–H groups in total. The number of rotatable bonds is 5. The Morgan fingerprint density at radius 2 is 1.79 bits per heavy atom. The molecule has 1 saturated carbocycles. The smallest absolute Gasteiger partial charge is 0.261 e. The Labute approximate surface area is 239 Å². The van der Waals surface area contributed by atoms with Crippen molar-refractivity contribution in [3.8, 4) is 11.8 Å². The summed E-state index contributed by atoms with van der Waals surface area (Å²) in [5, 5.41) is 18.9. The Hall–Kier alpha value is -5.19. The van der Waals surface area contributed by atoms with Crippen molar-refractivity contribution in [3.05, 3.63) is 81.7 Å². The van der Waals surface area contributed by atoms with Crippen molar-refractivity contribution in [2.45, 2.75) is 50.9 Å². The van der Waals surface area contributed by atoms with Gasteiger partial charge in [0.05, 0.1) is 24.3 Å². The molecule has 1 aliphatic carbocycles. The predicted octanol–water partition coefficient (Wildman–Crippen LogP) is 3.81. The molecule has 11 nitrogen and oxygen atoms in total. The standard InChI is InChI=1S/C31H28N8O3/c32-31-37-27-26(33-15-34-27)28(38-31)42-14-17-7-5-16(6-8-17)13-39-29(40)18-9-11-22-25-23(12-10-19(24(18)25)30(39)41)36-21-4-2-1-3-20(21)35-22/h5-12,15,20-21,35,41H,1-4,13-14H2,(H3,32,33,34,37,38). The van der Waals surface area contributed by atoms with Gasteiger partial charge in [0.25, 0.3) is 5.56 Å². The largest absolute Gasteiger partial charge is 0.494 e. The summed E-state index contributed by atoms with van der Waals surface area (Å²) < 4.78 is 7.32. The lowest BCUT2D eigenvalue weighted by Crippen LogP contribution is -2.35. The second-order valence-corrected chi connectivity index (χ2v) is 11.1. The van der Waals surface area contributed by atoms with E-state index >= 15 is 0 Å². The third kappa shape index (κ3) is 3.92. The van der Waals surface area contributed by atoms with E-state index in [4.69, 9.17) is 15.5 Å². The number of nitrogen functional groups attached to an aromatic ring is 1. The second-order valence-electron chi connectivity index (χ2n) is 11.1. The van der Waals surface area contributed by atoms with Gasteiger partial charge < -0.3 is 25.9 Å². The molecule has 2 unspecified atom stereocenters. The Kier molecular flexibility index (Phi) is 5.53. The van der Waals surface area contributed by atoms with E-state index < -0.39 is 0 Å². The zero-order chi connectivity index (χ0) is 28.4. The summed E-state index contributed by atoms with van der Waals surface area (Å²) in [5.74, 6) is 0.368. The molecule has 0 spiro atoms. The van der Waals surface area contributed by atoms with Crippen LogP contribution in [0.2, 0.25) is 0 Å². The van der Waals surface area contributed by atoms with E-state index in [1.54, 1.807) is 0 Å². The van der Waals surface area contributed by atoms with Crippen molar-refractivity contribution in [2.24, 2.45) is 4.99 Å². The van der Waals surface area contributed by atoms with Crippen LogP contribution < -0.4 is 26.7 Å². The van der Waals surface area contributed by atoms with Gasteiger partial charge in [-0.15, -0.1) is 0 Å². The van der Waals surface area contributed by atoms with Gasteiger partial charge in [0, 0.05) is 33.3 Å². The molecular formula is C31H28N8O3. The second kappa shape index (κ2) is 9.44. The van der Waals surface area contributed by atoms with Gasteiger partial charge in [0.2, 0.25) is 17.7 Å². The molecule has 2 atom stereocenters. The van der Waals surface area contributed by atoms with Crippen molar-refractivity contribution >= 4 is 44.3 Å². The average Bonchev–Trinajstić information content (AvgIpc) is 3.41. The highest BCUT2D eigenvalue weighted by atomic mass is 16.5. The number of anilines is 2. The molecule has 0 amide bonds. The van der Waals surface area contributed by atoms with E-state index in [0.717, 1.165) is 45.8 Å². The highest BCUT2D eigenvalue weighted by Gasteiger charge is 2.28. The van der Waals surface area contributed by atoms with Crippen LogP contribution in [0.4, 0.5) is 11.6 Å². The quantitative estimate of drug-likeness (QED) is 0.248. The maximum atomic E-state index is 13.8. The fourth-order valence-electron chi connectivity index (χ4n) is 6.42. The molecule has 2 aliphatic rings. The number of nitrogens with one attached hydrogen (secondary N) is 2. The van der Waals surface area contributed by atoms with Crippen LogP contribution in [0.5, 0.6) is 11.8 Å². The van der Waals surface area contributed by atoms with Gasteiger partial charge in [-0.1, -0.05) is 37.1 Å². The predicted molar refractivity (Wildman–Crippen MR) is 160 cm³/mol. The van der Waals surface area contributed by atoms with Crippen LogP contribution in [-0.2, 0) is 13.2 Å². The number of aromatic amines is 1. The molecule has 0 radical (unpaired) electrons. The third-order valence-corrected chi connectivity index (χ3v) is 8.50. The first kappa shape index (κ1) is 24.6. The summed E-state index contributed by atoms with van der Waals surface area (Å²) in [7, 11) is 0. The number of hydrogen-bond donors (Lipinski definition) is 4. The highest BCUT2D eigenvalue weighted by molar-refractivity contribution is 6.15. The zero-order valence-corrected chi connectivity index (χ0v) is 22.7. The number of imidazole rings is 1. The van der Waals surface area contributed by atoms with E-state index in [1.807, 2.05) is 48.5 Å². The monoisotopic (exact) mass is 560 g/mol. The molecule has 6 aromatic rings. The normalized spacial score (nSPS) is 18.0. The van der Waals surface area contributed by atoms with Crippen LogP contribution >= 0.6 is 0 Å². The Balaban J connectivity index is 1.11. The van der Waals surface area contributed by atoms with Crippen LogP contribution in [-0.4, -0.2) is 41.7 Å². The first-order valence-corrected chi connectivity index (χ1v) is 14.2. The van der Waals surface area contributed by atoms with E-state index in [9.17, 15) is 9.90 Å². The first-order valence-electron chi connectivity index (χ1n) is 14.2. The number of hydrogen-bond acceptors (Lipinski definition) is 9. The van der Waals surface area contributed by atoms with Crippen molar-refractivity contribution in [3.63, 3.8) is 0 Å². The minimum absolute atomic E-state index is 0.0461. The van der Waals surface area contributed by atoms with E-state index in [0.29, 0.717) is 27.8 Å². The molecule has 42 heavy (non-hydrogen) atoms. The summed E-state index contributed by atoms with van der Waals surface area (Å²) in [5.41, 5.74) is 9.31. The van der Waals surface area contributed by atoms with Crippen LogP contribution in [0.15, 0.2) is 64.6 Å². The lowest BCUT2D eigenvalue weighted by Gasteiger charge is -2.29. The first-order chi connectivity index (χ1) is 20.5. The maximum absolute atomic E-state index is 13.8. The Morgan fingerprint density at radius 1 is 0.976 bits per heavy atom. The number of ether oxygens (including phenoxy) is 1. The van der Waals surface area contributed by atoms with Gasteiger partial charge in [0.15, 0.2) is 5.65 Å². The summed E-state index contributed by atoms with van der Waals surface area (Å²) in [6, 6.07) is 15.9. The molecular weight excluding hydrogens is 532 g/mol. The fraction of sp³-hybridized carbons (Fsp3) is 0.258. The molecule has 3 aromatic heterocycles. The number of pyridine rings is 1. The minimum atomic E-state index is -0.234. The Bertz CT molecular complexity index is 2120. The lowest BCUT2D eigenvalue weighted by atomic mass is 9.91. The molecule has 1 aliphatic heterocycles. The lowest BCUT2D eigenvalue weighted by molar-refractivity contribution is 0.297. The van der Waals surface area contributed by atoms with E-state index in [-0.39, 0.29) is 42.6 Å². The molecule has 210 valence electrons. The van der Waals surface area contributed by atoms with Crippen LogP contribution in [0.1, 0.15) is 36.8 Å². The molecule has 1 fully saturated rings. The van der Waals surface area contributed by atoms with Crippen molar-refractivity contribution < 1.29 is 9.84 Å². The average molecular weight is 561 g/mol. The third-order valence-electron chi connectivity index (χ3n) is 8.50.